The van der Waals surface area contributed by atoms with Crippen molar-refractivity contribution in [2.45, 2.75) is 13.1 Å². The zero-order valence-electron chi connectivity index (χ0n) is 15.1. The number of fused-ring (bicyclic) bond motifs is 1. The fourth-order valence-electron chi connectivity index (χ4n) is 4.15. The van der Waals surface area contributed by atoms with E-state index in [2.05, 4.69) is 9.97 Å². The molecule has 1 aromatic carbocycles. The molecule has 6 nitrogen and oxygen atoms in total. The zero-order chi connectivity index (χ0) is 20.1. The van der Waals surface area contributed by atoms with Crippen molar-refractivity contribution in [2.24, 2.45) is 11.8 Å². The summed E-state index contributed by atoms with van der Waals surface area (Å²) in [6.45, 7) is 3.94. The number of benzene rings is 1. The van der Waals surface area contributed by atoms with Gasteiger partial charge in [0.1, 0.15) is 0 Å². The summed E-state index contributed by atoms with van der Waals surface area (Å²) in [5.41, 5.74) is 0.122. The number of carboxylic acid groups (broad SMARTS) is 1. The first-order valence-electron chi connectivity index (χ1n) is 8.97. The summed E-state index contributed by atoms with van der Waals surface area (Å²) in [6, 6.07) is 7.08. The number of aromatic carboxylic acids is 1. The highest BCUT2D eigenvalue weighted by Gasteiger charge is 2.43. The lowest BCUT2D eigenvalue weighted by molar-refractivity contribution is -0.137. The quantitative estimate of drug-likeness (QED) is 0.866. The second-order valence-corrected chi connectivity index (χ2v) is 7.34. The van der Waals surface area contributed by atoms with Crippen molar-refractivity contribution in [3.63, 3.8) is 0 Å². The SMILES string of the molecule is Cc1cc(C(=O)O)nc(N2C[C@@H]3CN(c4ccccc4C(F)(F)F)C[C@@H]3C2)n1. The molecule has 2 aliphatic rings. The van der Waals surface area contributed by atoms with Crippen LogP contribution in [-0.2, 0) is 6.18 Å². The van der Waals surface area contributed by atoms with Crippen molar-refractivity contribution in [2.75, 3.05) is 36.0 Å². The van der Waals surface area contributed by atoms with Crippen molar-refractivity contribution in [1.29, 1.82) is 0 Å². The molecule has 0 aliphatic carbocycles. The minimum atomic E-state index is -4.39. The van der Waals surface area contributed by atoms with E-state index in [1.807, 2.05) is 4.90 Å². The van der Waals surface area contributed by atoms with Gasteiger partial charge >= 0.3 is 12.1 Å². The van der Waals surface area contributed by atoms with Crippen LogP contribution in [0.4, 0.5) is 24.8 Å². The Hall–Kier alpha value is -2.84. The van der Waals surface area contributed by atoms with Crippen LogP contribution < -0.4 is 9.80 Å². The van der Waals surface area contributed by atoms with Gasteiger partial charge in [0, 0.05) is 49.4 Å². The topological polar surface area (TPSA) is 69.6 Å². The number of aryl methyl sites for hydroxylation is 1. The van der Waals surface area contributed by atoms with E-state index in [9.17, 15) is 23.1 Å². The van der Waals surface area contributed by atoms with E-state index in [1.165, 1.54) is 18.2 Å². The Labute approximate surface area is 159 Å². The molecule has 2 fully saturated rings. The molecule has 0 radical (unpaired) electrons. The minimum Gasteiger partial charge on any atom is -0.477 e. The van der Waals surface area contributed by atoms with Gasteiger partial charge in [-0.3, -0.25) is 0 Å². The number of nitrogens with zero attached hydrogens (tertiary/aromatic N) is 4. The number of hydrogen-bond acceptors (Lipinski definition) is 5. The van der Waals surface area contributed by atoms with E-state index in [1.54, 1.807) is 17.9 Å². The number of anilines is 2. The molecule has 2 aromatic rings. The Kier molecular flexibility index (Phi) is 4.40. The van der Waals surface area contributed by atoms with Crippen LogP contribution in [0.25, 0.3) is 0 Å². The Bertz CT molecular complexity index is 904. The third-order valence-corrected chi connectivity index (χ3v) is 5.38. The molecule has 28 heavy (non-hydrogen) atoms. The summed E-state index contributed by atoms with van der Waals surface area (Å²) in [7, 11) is 0. The average Bonchev–Trinajstić information content (AvgIpc) is 3.19. The Morgan fingerprint density at radius 3 is 2.29 bits per heavy atom. The Balaban J connectivity index is 1.51. The Morgan fingerprint density at radius 1 is 1.07 bits per heavy atom. The number of carboxylic acids is 1. The third kappa shape index (κ3) is 3.36. The lowest BCUT2D eigenvalue weighted by Crippen LogP contribution is -2.31. The van der Waals surface area contributed by atoms with Crippen molar-refractivity contribution in [3.05, 3.63) is 47.3 Å². The first-order chi connectivity index (χ1) is 13.2. The van der Waals surface area contributed by atoms with Gasteiger partial charge in [-0.05, 0) is 25.1 Å². The van der Waals surface area contributed by atoms with Crippen LogP contribution in [-0.4, -0.2) is 47.2 Å². The largest absolute Gasteiger partial charge is 0.477 e. The van der Waals surface area contributed by atoms with Crippen LogP contribution in [0.3, 0.4) is 0 Å². The van der Waals surface area contributed by atoms with Crippen LogP contribution in [0.15, 0.2) is 30.3 Å². The highest BCUT2D eigenvalue weighted by Crippen LogP contribution is 2.41. The summed E-state index contributed by atoms with van der Waals surface area (Å²) < 4.78 is 40.0. The van der Waals surface area contributed by atoms with Crippen LogP contribution in [0, 0.1) is 18.8 Å². The maximum absolute atomic E-state index is 13.3. The molecule has 0 spiro atoms. The molecule has 2 saturated heterocycles. The summed E-state index contributed by atoms with van der Waals surface area (Å²) in [5, 5.41) is 9.18. The predicted octanol–water partition coefficient (Wildman–Crippen LogP) is 3.07. The summed E-state index contributed by atoms with van der Waals surface area (Å²) in [6.07, 6.45) is -4.39. The molecular weight excluding hydrogens is 373 g/mol. The number of carbonyl (C=O) groups is 1. The minimum absolute atomic E-state index is 0.0553. The smallest absolute Gasteiger partial charge is 0.418 e. The normalized spacial score (nSPS) is 21.9. The maximum Gasteiger partial charge on any atom is 0.418 e. The Morgan fingerprint density at radius 2 is 1.68 bits per heavy atom. The molecule has 2 aliphatic heterocycles. The predicted molar refractivity (Wildman–Crippen MR) is 96.6 cm³/mol. The molecule has 1 aromatic heterocycles. The van der Waals surface area contributed by atoms with E-state index in [0.29, 0.717) is 37.8 Å². The molecule has 0 bridgehead atoms. The van der Waals surface area contributed by atoms with Crippen molar-refractivity contribution in [1.82, 2.24) is 9.97 Å². The molecule has 0 saturated carbocycles. The molecule has 0 amide bonds. The molecule has 1 N–H and O–H groups in total. The van der Waals surface area contributed by atoms with Gasteiger partial charge in [0.2, 0.25) is 5.95 Å². The van der Waals surface area contributed by atoms with Crippen LogP contribution in [0.5, 0.6) is 0 Å². The van der Waals surface area contributed by atoms with Gasteiger partial charge in [-0.1, -0.05) is 12.1 Å². The molecule has 0 unspecified atom stereocenters. The van der Waals surface area contributed by atoms with Crippen molar-refractivity contribution in [3.8, 4) is 0 Å². The van der Waals surface area contributed by atoms with Gasteiger partial charge in [-0.25, -0.2) is 14.8 Å². The van der Waals surface area contributed by atoms with Crippen molar-refractivity contribution < 1.29 is 23.1 Å². The number of halogens is 3. The summed E-state index contributed by atoms with van der Waals surface area (Å²) in [4.78, 5) is 23.4. The first kappa shape index (κ1) is 18.5. The van der Waals surface area contributed by atoms with Gasteiger partial charge in [0.05, 0.1) is 5.56 Å². The zero-order valence-corrected chi connectivity index (χ0v) is 15.1. The molecule has 9 heteroatoms. The van der Waals surface area contributed by atoms with E-state index in [-0.39, 0.29) is 23.2 Å². The van der Waals surface area contributed by atoms with Crippen molar-refractivity contribution >= 4 is 17.6 Å². The first-order valence-corrected chi connectivity index (χ1v) is 8.97. The van der Waals surface area contributed by atoms with Crippen LogP contribution in [0.2, 0.25) is 0 Å². The average molecular weight is 392 g/mol. The van der Waals surface area contributed by atoms with E-state index in [0.717, 1.165) is 6.07 Å². The standard InChI is InChI=1S/C19H19F3N4O2/c1-11-6-15(17(27)28)24-18(23-11)26-9-12-7-25(8-13(12)10-26)16-5-3-2-4-14(16)19(20,21)22/h2-6,12-13H,7-10H2,1H3,(H,27,28)/t12-,13+. The fraction of sp³-hybridized carbons (Fsp3) is 0.421. The highest BCUT2D eigenvalue weighted by atomic mass is 19.4. The highest BCUT2D eigenvalue weighted by molar-refractivity contribution is 5.85. The number of alkyl halides is 3. The van der Waals surface area contributed by atoms with Gasteiger partial charge < -0.3 is 14.9 Å². The lowest BCUT2D eigenvalue weighted by atomic mass is 10.0. The fourth-order valence-corrected chi connectivity index (χ4v) is 4.15. The van der Waals surface area contributed by atoms with Gasteiger partial charge in [-0.2, -0.15) is 13.2 Å². The van der Waals surface area contributed by atoms with Gasteiger partial charge in [-0.15, -0.1) is 0 Å². The number of hydrogen-bond donors (Lipinski definition) is 1. The van der Waals surface area contributed by atoms with Gasteiger partial charge in [0.25, 0.3) is 0 Å². The summed E-state index contributed by atoms with van der Waals surface area (Å²) in [5.74, 6) is -0.382. The molecular formula is C19H19F3N4O2. The van der Waals surface area contributed by atoms with Crippen LogP contribution in [0.1, 0.15) is 21.7 Å². The third-order valence-electron chi connectivity index (χ3n) is 5.38. The number of rotatable bonds is 3. The second-order valence-electron chi connectivity index (χ2n) is 7.34. The second kappa shape index (κ2) is 6.65. The monoisotopic (exact) mass is 392 g/mol. The molecule has 4 rings (SSSR count). The number of para-hydroxylation sites is 1. The van der Waals surface area contributed by atoms with E-state index in [4.69, 9.17) is 0 Å². The van der Waals surface area contributed by atoms with Crippen LogP contribution >= 0.6 is 0 Å². The van der Waals surface area contributed by atoms with E-state index < -0.39 is 17.7 Å². The molecule has 148 valence electrons. The molecule has 3 heterocycles. The van der Waals surface area contributed by atoms with E-state index >= 15 is 0 Å². The lowest BCUT2D eigenvalue weighted by Gasteiger charge is -2.26. The number of aromatic nitrogens is 2. The maximum atomic E-state index is 13.3. The summed E-state index contributed by atoms with van der Waals surface area (Å²) >= 11 is 0. The molecule has 2 atom stereocenters. The van der Waals surface area contributed by atoms with Gasteiger partial charge in [0.15, 0.2) is 5.69 Å².